The van der Waals surface area contributed by atoms with Crippen LogP contribution in [0.1, 0.15) is 20.8 Å². The Morgan fingerprint density at radius 1 is 1.30 bits per heavy atom. The van der Waals surface area contributed by atoms with Crippen molar-refractivity contribution in [1.29, 1.82) is 0 Å². The van der Waals surface area contributed by atoms with Gasteiger partial charge in [0.25, 0.3) is 0 Å². The van der Waals surface area contributed by atoms with Crippen LogP contribution in [0.5, 0.6) is 5.75 Å². The van der Waals surface area contributed by atoms with Crippen molar-refractivity contribution in [1.82, 2.24) is 0 Å². The average Bonchev–Trinajstić information content (AvgIpc) is 2.48. The minimum absolute atomic E-state index is 0.328. The van der Waals surface area contributed by atoms with E-state index < -0.39 is 0 Å². The molecule has 0 N–H and O–H groups in total. The first-order valence-electron chi connectivity index (χ1n) is 6.85. The lowest BCUT2D eigenvalue weighted by atomic mass is 10.2. The van der Waals surface area contributed by atoms with Crippen molar-refractivity contribution in [2.24, 2.45) is 0 Å². The summed E-state index contributed by atoms with van der Waals surface area (Å²) in [7, 11) is 1.37. The van der Waals surface area contributed by atoms with Crippen molar-refractivity contribution >= 4 is 11.7 Å². The van der Waals surface area contributed by atoms with Crippen molar-refractivity contribution in [2.75, 3.05) is 31.7 Å². The van der Waals surface area contributed by atoms with E-state index in [9.17, 15) is 4.79 Å². The number of nitrogens with zero attached hydrogens (tertiary/aromatic N) is 1. The number of anilines is 1. The third-order valence-corrected chi connectivity index (χ3v) is 3.09. The molecule has 0 aliphatic heterocycles. The maximum absolute atomic E-state index is 11.2. The van der Waals surface area contributed by atoms with Crippen LogP contribution in [0.25, 0.3) is 0 Å². The minimum atomic E-state index is -0.328. The molecule has 0 saturated heterocycles. The first-order valence-corrected chi connectivity index (χ1v) is 6.85. The molecule has 0 amide bonds. The predicted octanol–water partition coefficient (Wildman–Crippen LogP) is 3.03. The molecule has 0 heterocycles. The topological polar surface area (TPSA) is 38.8 Å². The van der Waals surface area contributed by atoms with Crippen LogP contribution in [-0.4, -0.2) is 32.8 Å². The number of hydrogen-bond acceptors (Lipinski definition) is 4. The molecule has 0 aliphatic rings. The molecule has 1 aromatic carbocycles. The van der Waals surface area contributed by atoms with Gasteiger partial charge in [0.2, 0.25) is 0 Å². The van der Waals surface area contributed by atoms with Crippen molar-refractivity contribution < 1.29 is 14.3 Å². The number of rotatable bonds is 7. The molecular weight excluding hydrogens is 254 g/mol. The molecule has 4 nitrogen and oxygen atoms in total. The zero-order valence-electron chi connectivity index (χ0n) is 12.7. The highest BCUT2D eigenvalue weighted by Crippen LogP contribution is 2.21. The molecule has 0 atom stereocenters. The van der Waals surface area contributed by atoms with Gasteiger partial charge in [-0.2, -0.15) is 0 Å². The van der Waals surface area contributed by atoms with Crippen LogP contribution in [0, 0.1) is 0 Å². The third-order valence-electron chi connectivity index (χ3n) is 3.09. The molecule has 0 spiro atoms. The summed E-state index contributed by atoms with van der Waals surface area (Å²) in [6.45, 7) is 8.23. The summed E-state index contributed by atoms with van der Waals surface area (Å²) in [4.78, 5) is 13.5. The van der Waals surface area contributed by atoms with E-state index in [1.165, 1.54) is 7.11 Å². The number of ether oxygens (including phenoxy) is 2. The average molecular weight is 277 g/mol. The summed E-state index contributed by atoms with van der Waals surface area (Å²) in [5, 5.41) is 0. The fourth-order valence-electron chi connectivity index (χ4n) is 1.87. The van der Waals surface area contributed by atoms with Crippen molar-refractivity contribution in [3.05, 3.63) is 35.9 Å². The zero-order valence-corrected chi connectivity index (χ0v) is 12.7. The minimum Gasteiger partial charge on any atom is -0.489 e. The maximum Gasteiger partial charge on any atom is 0.333 e. The van der Waals surface area contributed by atoms with Crippen molar-refractivity contribution in [2.45, 2.75) is 20.8 Å². The summed E-state index contributed by atoms with van der Waals surface area (Å²) < 4.78 is 10.3. The van der Waals surface area contributed by atoms with Gasteiger partial charge in [0, 0.05) is 30.4 Å². The van der Waals surface area contributed by atoms with E-state index >= 15 is 0 Å². The second kappa shape index (κ2) is 8.25. The van der Waals surface area contributed by atoms with Crippen LogP contribution in [-0.2, 0) is 9.53 Å². The van der Waals surface area contributed by atoms with Gasteiger partial charge in [-0.3, -0.25) is 0 Å². The van der Waals surface area contributed by atoms with Gasteiger partial charge < -0.3 is 14.4 Å². The number of carbonyl (C=O) groups excluding carboxylic acids is 1. The van der Waals surface area contributed by atoms with Gasteiger partial charge in [-0.1, -0.05) is 6.07 Å². The Morgan fingerprint density at radius 3 is 2.60 bits per heavy atom. The second-order valence-electron chi connectivity index (χ2n) is 4.36. The Hall–Kier alpha value is -1.97. The second-order valence-corrected chi connectivity index (χ2v) is 4.36. The van der Waals surface area contributed by atoms with Crippen LogP contribution in [0.15, 0.2) is 35.9 Å². The normalized spacial score (nSPS) is 11.1. The number of hydrogen-bond donors (Lipinski definition) is 0. The lowest BCUT2D eigenvalue weighted by Crippen LogP contribution is -2.21. The van der Waals surface area contributed by atoms with E-state index in [0.29, 0.717) is 12.2 Å². The fourth-order valence-corrected chi connectivity index (χ4v) is 1.87. The Kier molecular flexibility index (Phi) is 6.64. The number of benzene rings is 1. The Bertz CT molecular complexity index is 465. The van der Waals surface area contributed by atoms with E-state index in [-0.39, 0.29) is 5.97 Å². The van der Waals surface area contributed by atoms with E-state index in [0.717, 1.165) is 24.5 Å². The number of carbonyl (C=O) groups is 1. The largest absolute Gasteiger partial charge is 0.489 e. The molecule has 0 bridgehead atoms. The summed E-state index contributed by atoms with van der Waals surface area (Å²) >= 11 is 0. The Labute approximate surface area is 121 Å². The van der Waals surface area contributed by atoms with E-state index in [1.54, 1.807) is 13.0 Å². The molecule has 0 saturated carbocycles. The van der Waals surface area contributed by atoms with Crippen molar-refractivity contribution in [3.8, 4) is 5.75 Å². The summed E-state index contributed by atoms with van der Waals surface area (Å²) in [5.74, 6) is 0.466. The molecular formula is C16H23NO3. The highest BCUT2D eigenvalue weighted by molar-refractivity contribution is 5.87. The summed E-state index contributed by atoms with van der Waals surface area (Å²) in [6, 6.07) is 7.96. The first-order chi connectivity index (χ1) is 9.62. The number of esters is 1. The molecule has 1 aromatic rings. The highest BCUT2D eigenvalue weighted by atomic mass is 16.5. The van der Waals surface area contributed by atoms with Crippen LogP contribution >= 0.6 is 0 Å². The standard InChI is InChI=1S/C16H23NO3/c1-5-17(6-2)14-8-7-9-15(12-14)20-11-10-13(3)16(18)19-4/h7-10,12H,5-6,11H2,1-4H3. The van der Waals surface area contributed by atoms with Gasteiger partial charge in [-0.15, -0.1) is 0 Å². The molecule has 0 aromatic heterocycles. The summed E-state index contributed by atoms with van der Waals surface area (Å²) in [5.41, 5.74) is 1.69. The molecule has 0 radical (unpaired) electrons. The van der Waals surface area contributed by atoms with E-state index in [1.807, 2.05) is 18.2 Å². The Balaban J connectivity index is 2.65. The van der Waals surface area contributed by atoms with Crippen molar-refractivity contribution in [3.63, 3.8) is 0 Å². The zero-order chi connectivity index (χ0) is 15.0. The van der Waals surface area contributed by atoms with Crippen LogP contribution in [0.3, 0.4) is 0 Å². The van der Waals surface area contributed by atoms with Crippen LogP contribution in [0.4, 0.5) is 5.69 Å². The molecule has 0 fully saturated rings. The molecule has 20 heavy (non-hydrogen) atoms. The summed E-state index contributed by atoms with van der Waals surface area (Å²) in [6.07, 6.45) is 1.72. The van der Waals surface area contributed by atoms with Gasteiger partial charge in [-0.25, -0.2) is 4.79 Å². The SMILES string of the molecule is CCN(CC)c1cccc(OCC=C(C)C(=O)OC)c1. The van der Waals surface area contributed by atoms with Gasteiger partial charge in [0.1, 0.15) is 12.4 Å². The quantitative estimate of drug-likeness (QED) is 0.567. The first kappa shape index (κ1) is 16.1. The number of methoxy groups -OCH3 is 1. The Morgan fingerprint density at radius 2 is 2.00 bits per heavy atom. The molecule has 0 aliphatic carbocycles. The molecule has 0 unspecified atom stereocenters. The molecule has 1 rings (SSSR count). The smallest absolute Gasteiger partial charge is 0.333 e. The van der Waals surface area contributed by atoms with Gasteiger partial charge in [-0.05, 0) is 39.0 Å². The predicted molar refractivity (Wildman–Crippen MR) is 81.3 cm³/mol. The lowest BCUT2D eigenvalue weighted by Gasteiger charge is -2.21. The molecule has 4 heteroatoms. The monoisotopic (exact) mass is 277 g/mol. The van der Waals surface area contributed by atoms with E-state index in [2.05, 4.69) is 29.6 Å². The lowest BCUT2D eigenvalue weighted by molar-refractivity contribution is -0.136. The van der Waals surface area contributed by atoms with Crippen LogP contribution < -0.4 is 9.64 Å². The molecule has 110 valence electrons. The van der Waals surface area contributed by atoms with Gasteiger partial charge >= 0.3 is 5.97 Å². The highest BCUT2D eigenvalue weighted by Gasteiger charge is 2.04. The maximum atomic E-state index is 11.2. The van der Waals surface area contributed by atoms with Gasteiger partial charge in [0.05, 0.1) is 7.11 Å². The van der Waals surface area contributed by atoms with E-state index in [4.69, 9.17) is 4.74 Å². The third kappa shape index (κ3) is 4.61. The van der Waals surface area contributed by atoms with Gasteiger partial charge in [0.15, 0.2) is 0 Å². The fraction of sp³-hybridized carbons (Fsp3) is 0.438. The van der Waals surface area contributed by atoms with Crippen LogP contribution in [0.2, 0.25) is 0 Å².